The fourth-order valence-electron chi connectivity index (χ4n) is 2.44. The Kier molecular flexibility index (Phi) is 1.32. The summed E-state index contributed by atoms with van der Waals surface area (Å²) in [5, 5.41) is 0. The number of alkyl halides is 2. The van der Waals surface area contributed by atoms with Crippen LogP contribution in [-0.4, -0.2) is 29.5 Å². The van der Waals surface area contributed by atoms with Gasteiger partial charge >= 0.3 is 0 Å². The Morgan fingerprint density at radius 1 is 1.36 bits per heavy atom. The van der Waals surface area contributed by atoms with E-state index in [2.05, 4.69) is 0 Å². The van der Waals surface area contributed by atoms with Gasteiger partial charge in [-0.25, -0.2) is 8.78 Å². The highest BCUT2D eigenvalue weighted by Crippen LogP contribution is 2.45. The molecule has 0 spiro atoms. The van der Waals surface area contributed by atoms with E-state index in [1.54, 1.807) is 0 Å². The predicted octanol–water partition coefficient (Wildman–Crippen LogP) is 1.88. The van der Waals surface area contributed by atoms with E-state index in [-0.39, 0.29) is 18.5 Å². The second-order valence-corrected chi connectivity index (χ2v) is 4.05. The van der Waals surface area contributed by atoms with Crippen LogP contribution in [0.15, 0.2) is 0 Å². The number of halogens is 2. The van der Waals surface area contributed by atoms with Crippen molar-refractivity contribution in [3.63, 3.8) is 0 Å². The second kappa shape index (κ2) is 1.94. The maximum Gasteiger partial charge on any atom is 0.262 e. The molecule has 2 heterocycles. The van der Waals surface area contributed by atoms with Gasteiger partial charge in [-0.3, -0.25) is 4.90 Å². The Hall–Kier alpha value is -0.180. The van der Waals surface area contributed by atoms with Gasteiger partial charge in [-0.05, 0) is 26.3 Å². The van der Waals surface area contributed by atoms with Crippen molar-refractivity contribution in [2.45, 2.75) is 37.6 Å². The molecule has 0 amide bonds. The summed E-state index contributed by atoms with van der Waals surface area (Å²) in [6.07, 6.45) is 2.11. The third-order valence-electron chi connectivity index (χ3n) is 2.97. The molecule has 0 unspecified atom stereocenters. The van der Waals surface area contributed by atoms with Gasteiger partial charge in [0.2, 0.25) is 0 Å². The first-order valence-electron chi connectivity index (χ1n) is 4.15. The molecule has 1 atom stereocenters. The van der Waals surface area contributed by atoms with E-state index in [0.29, 0.717) is 0 Å². The highest BCUT2D eigenvalue weighted by atomic mass is 19.3. The highest BCUT2D eigenvalue weighted by Gasteiger charge is 2.53. The summed E-state index contributed by atoms with van der Waals surface area (Å²) >= 11 is 0. The molecule has 0 bridgehead atoms. The van der Waals surface area contributed by atoms with Crippen molar-refractivity contribution in [3.05, 3.63) is 0 Å². The van der Waals surface area contributed by atoms with Crippen LogP contribution in [0.5, 0.6) is 0 Å². The van der Waals surface area contributed by atoms with Crippen LogP contribution in [0, 0.1) is 0 Å². The van der Waals surface area contributed by atoms with Crippen LogP contribution in [0.25, 0.3) is 0 Å². The topological polar surface area (TPSA) is 3.24 Å². The minimum atomic E-state index is -2.42. The molecular weight excluding hydrogens is 148 g/mol. The van der Waals surface area contributed by atoms with Crippen molar-refractivity contribution >= 4 is 0 Å². The molecule has 2 rings (SSSR count). The summed E-state index contributed by atoms with van der Waals surface area (Å²) in [4.78, 5) is 1.94. The number of hydrogen-bond acceptors (Lipinski definition) is 1. The molecule has 3 heteroatoms. The average molecular weight is 161 g/mol. The van der Waals surface area contributed by atoms with Crippen LogP contribution >= 0.6 is 0 Å². The van der Waals surface area contributed by atoms with Gasteiger partial charge in [0.05, 0.1) is 6.54 Å². The molecule has 2 saturated heterocycles. The first-order chi connectivity index (χ1) is 5.02. The van der Waals surface area contributed by atoms with Crippen LogP contribution in [0.2, 0.25) is 0 Å². The van der Waals surface area contributed by atoms with Crippen molar-refractivity contribution in [2.75, 3.05) is 13.1 Å². The first kappa shape index (κ1) is 7.47. The third kappa shape index (κ3) is 1.06. The monoisotopic (exact) mass is 161 g/mol. The van der Waals surface area contributed by atoms with Crippen LogP contribution in [0.3, 0.4) is 0 Å². The molecule has 2 fully saturated rings. The van der Waals surface area contributed by atoms with E-state index in [4.69, 9.17) is 0 Å². The number of hydrogen-bond donors (Lipinski definition) is 0. The highest BCUT2D eigenvalue weighted by molar-refractivity contribution is 5.03. The first-order valence-corrected chi connectivity index (χ1v) is 4.15. The van der Waals surface area contributed by atoms with Gasteiger partial charge in [-0.1, -0.05) is 0 Å². The minimum Gasteiger partial charge on any atom is -0.292 e. The zero-order valence-corrected chi connectivity index (χ0v) is 6.74. The Bertz CT molecular complexity index is 181. The van der Waals surface area contributed by atoms with Crippen LogP contribution in [-0.2, 0) is 0 Å². The molecule has 0 saturated carbocycles. The van der Waals surface area contributed by atoms with Crippen molar-refractivity contribution < 1.29 is 8.78 Å². The Labute approximate surface area is 65.4 Å². The molecule has 0 radical (unpaired) electrons. The fourth-order valence-corrected chi connectivity index (χ4v) is 2.44. The number of nitrogens with zero attached hydrogens (tertiary/aromatic N) is 1. The lowest BCUT2D eigenvalue weighted by molar-refractivity contribution is 0.00988. The van der Waals surface area contributed by atoms with Gasteiger partial charge < -0.3 is 0 Å². The molecular formula is C8H13F2N. The van der Waals surface area contributed by atoms with Crippen LogP contribution in [0.1, 0.15) is 26.2 Å². The standard InChI is InChI=1S/C8H13F2N/c1-7-3-2-4-11(7)6-8(9,10)5-7/h2-6H2,1H3/t7-/m0/s1. The zero-order valence-electron chi connectivity index (χ0n) is 6.74. The third-order valence-corrected chi connectivity index (χ3v) is 2.97. The summed E-state index contributed by atoms with van der Waals surface area (Å²) in [5.74, 6) is -2.42. The van der Waals surface area contributed by atoms with E-state index in [1.165, 1.54) is 0 Å². The number of fused-ring (bicyclic) bond motifs is 1. The minimum absolute atomic E-state index is 0.0104. The van der Waals surface area contributed by atoms with Crippen molar-refractivity contribution in [3.8, 4) is 0 Å². The number of rotatable bonds is 0. The summed E-state index contributed by atoms with van der Waals surface area (Å²) in [6.45, 7) is 2.82. The lowest BCUT2D eigenvalue weighted by Gasteiger charge is -2.25. The Morgan fingerprint density at radius 2 is 2.09 bits per heavy atom. The molecule has 0 aliphatic carbocycles. The maximum absolute atomic E-state index is 12.9. The lowest BCUT2D eigenvalue weighted by Crippen LogP contribution is -2.34. The predicted molar refractivity (Wildman–Crippen MR) is 38.8 cm³/mol. The van der Waals surface area contributed by atoms with E-state index in [1.807, 2.05) is 11.8 Å². The summed E-state index contributed by atoms with van der Waals surface area (Å²) < 4.78 is 25.7. The molecule has 0 aromatic carbocycles. The molecule has 0 N–H and O–H groups in total. The Morgan fingerprint density at radius 3 is 2.73 bits per heavy atom. The summed E-state index contributed by atoms with van der Waals surface area (Å²) in [6, 6.07) is 0. The summed E-state index contributed by atoms with van der Waals surface area (Å²) in [7, 11) is 0. The SMILES string of the molecule is C[C@@]12CCCN1CC(F)(F)C2. The molecule has 2 aliphatic rings. The van der Waals surface area contributed by atoms with E-state index in [0.717, 1.165) is 19.4 Å². The molecule has 0 aromatic rings. The van der Waals surface area contributed by atoms with E-state index >= 15 is 0 Å². The second-order valence-electron chi connectivity index (χ2n) is 4.05. The van der Waals surface area contributed by atoms with Gasteiger partial charge in [0.1, 0.15) is 0 Å². The van der Waals surface area contributed by atoms with E-state index < -0.39 is 5.92 Å². The molecule has 11 heavy (non-hydrogen) atoms. The van der Waals surface area contributed by atoms with Gasteiger partial charge in [-0.15, -0.1) is 0 Å². The smallest absolute Gasteiger partial charge is 0.262 e. The van der Waals surface area contributed by atoms with Crippen molar-refractivity contribution in [1.82, 2.24) is 4.90 Å². The zero-order chi connectivity index (χ0) is 8.11. The van der Waals surface area contributed by atoms with Gasteiger partial charge in [0.25, 0.3) is 5.92 Å². The Balaban J connectivity index is 2.19. The van der Waals surface area contributed by atoms with Crippen LogP contribution < -0.4 is 0 Å². The largest absolute Gasteiger partial charge is 0.292 e. The van der Waals surface area contributed by atoms with Crippen molar-refractivity contribution in [2.24, 2.45) is 0 Å². The quantitative estimate of drug-likeness (QED) is 0.524. The van der Waals surface area contributed by atoms with Crippen LogP contribution in [0.4, 0.5) is 8.78 Å². The maximum atomic E-state index is 12.9. The molecule has 64 valence electrons. The van der Waals surface area contributed by atoms with Gasteiger partial charge in [0.15, 0.2) is 0 Å². The molecule has 0 aromatic heterocycles. The summed E-state index contributed by atoms with van der Waals surface area (Å²) in [5.41, 5.74) is -0.177. The van der Waals surface area contributed by atoms with Gasteiger partial charge in [-0.2, -0.15) is 0 Å². The fraction of sp³-hybridized carbons (Fsp3) is 1.00. The lowest BCUT2D eigenvalue weighted by atomic mass is 9.96. The normalized spacial score (nSPS) is 42.8. The van der Waals surface area contributed by atoms with E-state index in [9.17, 15) is 8.78 Å². The average Bonchev–Trinajstić information content (AvgIpc) is 2.16. The molecule has 1 nitrogen and oxygen atoms in total. The van der Waals surface area contributed by atoms with Crippen molar-refractivity contribution in [1.29, 1.82) is 0 Å². The van der Waals surface area contributed by atoms with Gasteiger partial charge in [0, 0.05) is 12.0 Å². The molecule has 2 aliphatic heterocycles.